The minimum atomic E-state index is 0. The Hall–Kier alpha value is -0.960. The number of hydrogen-bond donors (Lipinski definition) is 1. The Kier molecular flexibility index (Phi) is 4.69. The fraction of sp³-hybridized carbons (Fsp3) is 0.545. The zero-order valence-corrected chi connectivity index (χ0v) is 9.50. The first-order valence-corrected chi connectivity index (χ1v) is 5.19. The first-order chi connectivity index (χ1) is 6.84. The minimum absolute atomic E-state index is 0. The Bertz CT molecular complexity index is 308. The van der Waals surface area contributed by atoms with Gasteiger partial charge in [0.15, 0.2) is 0 Å². The van der Waals surface area contributed by atoms with Crippen molar-refractivity contribution in [1.82, 2.24) is 0 Å². The molecule has 3 nitrogen and oxygen atoms in total. The standard InChI is InChI=1S/C11H16N2O.ClH/c12-11-6-2-1-4-9(13-11)8-10-5-3-7-14-10;/h3,5,7,9H,1-2,4,6,8H2,(H2,12,13);1H. The van der Waals surface area contributed by atoms with E-state index in [-0.39, 0.29) is 12.4 Å². The summed E-state index contributed by atoms with van der Waals surface area (Å²) in [6, 6.07) is 4.24. The largest absolute Gasteiger partial charge is 0.469 e. The number of amidine groups is 1. The maximum absolute atomic E-state index is 5.77. The Morgan fingerprint density at radius 3 is 3.07 bits per heavy atom. The summed E-state index contributed by atoms with van der Waals surface area (Å²) in [7, 11) is 0. The van der Waals surface area contributed by atoms with Gasteiger partial charge in [-0.25, -0.2) is 0 Å². The molecule has 0 fully saturated rings. The lowest BCUT2D eigenvalue weighted by atomic mass is 10.1. The molecule has 2 rings (SSSR count). The molecule has 1 aliphatic rings. The summed E-state index contributed by atoms with van der Waals surface area (Å²) >= 11 is 0. The van der Waals surface area contributed by atoms with Crippen molar-refractivity contribution in [2.24, 2.45) is 10.7 Å². The Morgan fingerprint density at radius 1 is 1.47 bits per heavy atom. The molecule has 1 unspecified atom stereocenters. The van der Waals surface area contributed by atoms with Gasteiger partial charge in [0.2, 0.25) is 0 Å². The van der Waals surface area contributed by atoms with E-state index >= 15 is 0 Å². The zero-order valence-electron chi connectivity index (χ0n) is 8.69. The third-order valence-corrected chi connectivity index (χ3v) is 2.59. The third kappa shape index (κ3) is 3.59. The molecule has 1 aromatic rings. The quantitative estimate of drug-likeness (QED) is 0.846. The van der Waals surface area contributed by atoms with Gasteiger partial charge in [0.1, 0.15) is 5.76 Å². The third-order valence-electron chi connectivity index (χ3n) is 2.59. The van der Waals surface area contributed by atoms with E-state index < -0.39 is 0 Å². The first kappa shape index (κ1) is 12.1. The van der Waals surface area contributed by atoms with E-state index in [2.05, 4.69) is 4.99 Å². The van der Waals surface area contributed by atoms with Gasteiger partial charge in [0.25, 0.3) is 0 Å². The van der Waals surface area contributed by atoms with Gasteiger partial charge < -0.3 is 10.2 Å². The highest BCUT2D eigenvalue weighted by molar-refractivity contribution is 5.85. The van der Waals surface area contributed by atoms with Crippen LogP contribution >= 0.6 is 12.4 Å². The molecule has 1 atom stereocenters. The molecular formula is C11H17ClN2O. The highest BCUT2D eigenvalue weighted by Gasteiger charge is 2.13. The van der Waals surface area contributed by atoms with Crippen molar-refractivity contribution in [3.8, 4) is 0 Å². The molecule has 0 saturated heterocycles. The van der Waals surface area contributed by atoms with E-state index in [0.717, 1.165) is 30.9 Å². The molecule has 0 radical (unpaired) electrons. The fourth-order valence-corrected chi connectivity index (χ4v) is 1.86. The normalized spacial score (nSPS) is 21.3. The molecular weight excluding hydrogens is 212 g/mol. The highest BCUT2D eigenvalue weighted by Crippen LogP contribution is 2.16. The topological polar surface area (TPSA) is 51.5 Å². The van der Waals surface area contributed by atoms with Crippen molar-refractivity contribution in [3.05, 3.63) is 24.2 Å². The van der Waals surface area contributed by atoms with Crippen LogP contribution in [0, 0.1) is 0 Å². The van der Waals surface area contributed by atoms with Crippen LogP contribution in [0.3, 0.4) is 0 Å². The lowest BCUT2D eigenvalue weighted by Crippen LogP contribution is -2.15. The molecule has 0 aliphatic carbocycles. The molecule has 84 valence electrons. The number of halogens is 1. The van der Waals surface area contributed by atoms with Crippen molar-refractivity contribution < 1.29 is 4.42 Å². The van der Waals surface area contributed by atoms with Crippen molar-refractivity contribution in [2.75, 3.05) is 0 Å². The van der Waals surface area contributed by atoms with Crippen LogP contribution in [0.2, 0.25) is 0 Å². The summed E-state index contributed by atoms with van der Waals surface area (Å²) in [5, 5.41) is 0. The predicted molar refractivity (Wildman–Crippen MR) is 63.5 cm³/mol. The monoisotopic (exact) mass is 228 g/mol. The van der Waals surface area contributed by atoms with Crippen LogP contribution in [0.15, 0.2) is 27.8 Å². The lowest BCUT2D eigenvalue weighted by Gasteiger charge is -2.08. The molecule has 0 spiro atoms. The molecule has 0 bridgehead atoms. The lowest BCUT2D eigenvalue weighted by molar-refractivity contribution is 0.472. The van der Waals surface area contributed by atoms with E-state index in [4.69, 9.17) is 10.2 Å². The van der Waals surface area contributed by atoms with Crippen LogP contribution in [-0.2, 0) is 6.42 Å². The summed E-state index contributed by atoms with van der Waals surface area (Å²) in [5.41, 5.74) is 5.77. The van der Waals surface area contributed by atoms with Gasteiger partial charge in [-0.3, -0.25) is 4.99 Å². The van der Waals surface area contributed by atoms with Crippen LogP contribution < -0.4 is 5.73 Å². The van der Waals surface area contributed by atoms with Crippen molar-refractivity contribution in [1.29, 1.82) is 0 Å². The van der Waals surface area contributed by atoms with Gasteiger partial charge in [0.05, 0.1) is 18.1 Å². The van der Waals surface area contributed by atoms with Gasteiger partial charge >= 0.3 is 0 Å². The van der Waals surface area contributed by atoms with Gasteiger partial charge in [-0.15, -0.1) is 12.4 Å². The number of nitrogens with zero attached hydrogens (tertiary/aromatic N) is 1. The van der Waals surface area contributed by atoms with Crippen LogP contribution in [0.5, 0.6) is 0 Å². The average molecular weight is 229 g/mol. The summed E-state index contributed by atoms with van der Waals surface area (Å²) in [5.74, 6) is 1.81. The van der Waals surface area contributed by atoms with E-state index in [0.29, 0.717) is 6.04 Å². The molecule has 0 aromatic carbocycles. The number of hydrogen-bond acceptors (Lipinski definition) is 3. The summed E-state index contributed by atoms with van der Waals surface area (Å²) in [6.07, 6.45) is 7.06. The number of nitrogens with two attached hydrogens (primary N) is 1. The number of furan rings is 1. The maximum Gasteiger partial charge on any atom is 0.105 e. The average Bonchev–Trinajstić information content (AvgIpc) is 2.56. The second kappa shape index (κ2) is 5.81. The number of rotatable bonds is 2. The van der Waals surface area contributed by atoms with Crippen molar-refractivity contribution in [3.63, 3.8) is 0 Å². The molecule has 2 N–H and O–H groups in total. The zero-order chi connectivity index (χ0) is 9.80. The van der Waals surface area contributed by atoms with Crippen LogP contribution in [0.4, 0.5) is 0 Å². The highest BCUT2D eigenvalue weighted by atomic mass is 35.5. The molecule has 2 heterocycles. The smallest absolute Gasteiger partial charge is 0.105 e. The second-order valence-corrected chi connectivity index (χ2v) is 3.80. The molecule has 1 aliphatic heterocycles. The summed E-state index contributed by atoms with van der Waals surface area (Å²) in [6.45, 7) is 0. The molecule has 0 amide bonds. The maximum atomic E-state index is 5.77. The SMILES string of the molecule is Cl.NC1=NC(Cc2ccco2)CCCC1. The van der Waals surface area contributed by atoms with Gasteiger partial charge in [0, 0.05) is 12.8 Å². The Labute approximate surface area is 96.2 Å². The Balaban J connectivity index is 0.00000112. The van der Waals surface area contributed by atoms with Gasteiger partial charge in [-0.1, -0.05) is 6.42 Å². The van der Waals surface area contributed by atoms with E-state index in [9.17, 15) is 0 Å². The van der Waals surface area contributed by atoms with Crippen LogP contribution in [0.25, 0.3) is 0 Å². The first-order valence-electron chi connectivity index (χ1n) is 5.19. The minimum Gasteiger partial charge on any atom is -0.469 e. The summed E-state index contributed by atoms with van der Waals surface area (Å²) < 4.78 is 5.30. The fourth-order valence-electron chi connectivity index (χ4n) is 1.86. The summed E-state index contributed by atoms with van der Waals surface area (Å²) in [4.78, 5) is 4.49. The molecule has 1 aromatic heterocycles. The molecule has 0 saturated carbocycles. The van der Waals surface area contributed by atoms with E-state index in [1.54, 1.807) is 6.26 Å². The second-order valence-electron chi connectivity index (χ2n) is 3.80. The van der Waals surface area contributed by atoms with E-state index in [1.807, 2.05) is 12.1 Å². The Morgan fingerprint density at radius 2 is 2.33 bits per heavy atom. The van der Waals surface area contributed by atoms with Crippen LogP contribution in [0.1, 0.15) is 31.4 Å². The molecule has 15 heavy (non-hydrogen) atoms. The van der Waals surface area contributed by atoms with Crippen molar-refractivity contribution >= 4 is 18.2 Å². The van der Waals surface area contributed by atoms with Crippen molar-refractivity contribution in [2.45, 2.75) is 38.1 Å². The molecule has 4 heteroatoms. The van der Waals surface area contributed by atoms with E-state index in [1.165, 1.54) is 12.8 Å². The predicted octanol–water partition coefficient (Wildman–Crippen LogP) is 2.54. The number of aliphatic imine (C=N–C) groups is 1. The van der Waals surface area contributed by atoms with Gasteiger partial charge in [-0.2, -0.15) is 0 Å². The van der Waals surface area contributed by atoms with Crippen LogP contribution in [-0.4, -0.2) is 11.9 Å². The van der Waals surface area contributed by atoms with Gasteiger partial charge in [-0.05, 0) is 25.0 Å².